The van der Waals surface area contributed by atoms with Crippen molar-refractivity contribution in [2.45, 2.75) is 44.0 Å². The molecule has 2 aliphatic rings. The summed E-state index contributed by atoms with van der Waals surface area (Å²) in [4.78, 5) is 3.71. The smallest absolute Gasteiger partial charge is 0.325 e. The minimum absolute atomic E-state index is 0.0212. The molecule has 1 heterocycles. The molecule has 2 fully saturated rings. The summed E-state index contributed by atoms with van der Waals surface area (Å²) in [5.41, 5.74) is 0. The molecule has 1 aliphatic heterocycles. The molecule has 0 N–H and O–H groups in total. The second-order valence-corrected chi connectivity index (χ2v) is 6.56. The lowest BCUT2D eigenvalue weighted by Crippen LogP contribution is -2.34. The quantitative estimate of drug-likeness (QED) is 0.339. The van der Waals surface area contributed by atoms with E-state index in [0.29, 0.717) is 0 Å². The molecule has 7 nitrogen and oxygen atoms in total. The first-order valence-electron chi connectivity index (χ1n) is 6.30. The summed E-state index contributed by atoms with van der Waals surface area (Å²) in [7, 11) is -3.71. The minimum Gasteiger partial charge on any atom is -0.347 e. The van der Waals surface area contributed by atoms with Crippen LogP contribution < -0.4 is 0 Å². The first kappa shape index (κ1) is 15.5. The van der Waals surface area contributed by atoms with Gasteiger partial charge in [0.2, 0.25) is 5.84 Å². The molecule has 20 heavy (non-hydrogen) atoms. The highest BCUT2D eigenvalue weighted by atomic mass is 32.2. The van der Waals surface area contributed by atoms with E-state index in [4.69, 9.17) is 9.47 Å². The van der Waals surface area contributed by atoms with Crippen LogP contribution in [-0.4, -0.2) is 44.2 Å². The number of ether oxygens (including phenoxy) is 2. The number of aliphatic imine (C=N–C) groups is 1. The topological polar surface area (TPSA) is 86.6 Å². The van der Waals surface area contributed by atoms with E-state index in [-0.39, 0.29) is 12.4 Å². The molecule has 0 aromatic carbocycles. The average molecular weight is 320 g/mol. The van der Waals surface area contributed by atoms with Gasteiger partial charge in [-0.2, -0.15) is 13.4 Å². The SMILES string of the molecule is CS(=O)(=O)O/N=C(\N=C=S)C1COC2(CCCCC2)O1. The van der Waals surface area contributed by atoms with Crippen molar-refractivity contribution in [3.8, 4) is 0 Å². The highest BCUT2D eigenvalue weighted by molar-refractivity contribution is 7.85. The molecular weight excluding hydrogens is 304 g/mol. The van der Waals surface area contributed by atoms with Gasteiger partial charge in [-0.15, -0.1) is 0 Å². The third-order valence-electron chi connectivity index (χ3n) is 3.18. The van der Waals surface area contributed by atoms with E-state index in [1.807, 2.05) is 0 Å². The Morgan fingerprint density at radius 3 is 2.70 bits per heavy atom. The lowest BCUT2D eigenvalue weighted by atomic mass is 9.94. The lowest BCUT2D eigenvalue weighted by molar-refractivity contribution is -0.181. The lowest BCUT2D eigenvalue weighted by Gasteiger charge is -2.31. The molecule has 1 saturated heterocycles. The van der Waals surface area contributed by atoms with Crippen molar-refractivity contribution in [3.63, 3.8) is 0 Å². The zero-order valence-electron chi connectivity index (χ0n) is 11.1. The fraction of sp³-hybridized carbons (Fsp3) is 0.818. The Labute approximate surface area is 123 Å². The molecule has 1 saturated carbocycles. The van der Waals surface area contributed by atoms with Crippen LogP contribution in [0.25, 0.3) is 0 Å². The van der Waals surface area contributed by atoms with Gasteiger partial charge in [0.15, 0.2) is 5.79 Å². The first-order chi connectivity index (χ1) is 9.44. The Kier molecular flexibility index (Phi) is 4.87. The van der Waals surface area contributed by atoms with E-state index in [1.165, 1.54) is 0 Å². The van der Waals surface area contributed by atoms with Crippen LogP contribution in [0.15, 0.2) is 10.1 Å². The standard InChI is InChI=1S/C11H16N2O5S2/c1-20(14,15)18-13-10(12-8-19)9-7-16-11(17-9)5-3-2-4-6-11/h9H,2-7H2,1H3/b13-10-. The van der Waals surface area contributed by atoms with Crippen molar-refractivity contribution in [1.82, 2.24) is 0 Å². The van der Waals surface area contributed by atoms with Crippen LogP contribution in [-0.2, 0) is 23.9 Å². The van der Waals surface area contributed by atoms with Gasteiger partial charge in [-0.25, -0.2) is 0 Å². The van der Waals surface area contributed by atoms with Gasteiger partial charge >= 0.3 is 10.1 Å². The summed E-state index contributed by atoms with van der Waals surface area (Å²) in [6.07, 6.45) is 5.16. The summed E-state index contributed by atoms with van der Waals surface area (Å²) in [5.74, 6) is -0.584. The van der Waals surface area contributed by atoms with Gasteiger partial charge in [0.05, 0.1) is 18.0 Å². The van der Waals surface area contributed by atoms with Crippen molar-refractivity contribution in [2.24, 2.45) is 10.1 Å². The highest BCUT2D eigenvalue weighted by Gasteiger charge is 2.44. The number of oxime groups is 1. The maximum atomic E-state index is 11.0. The number of amidine groups is 1. The Morgan fingerprint density at radius 2 is 2.10 bits per heavy atom. The third-order valence-corrected chi connectivity index (χ3v) is 3.62. The predicted octanol–water partition coefficient (Wildman–Crippen LogP) is 1.45. The zero-order chi connectivity index (χ0) is 14.6. The number of thiocarbonyl (C=S) groups is 1. The molecule has 0 aromatic heterocycles. The second-order valence-electron chi connectivity index (χ2n) is 4.82. The minimum atomic E-state index is -3.71. The van der Waals surface area contributed by atoms with Crippen molar-refractivity contribution in [2.75, 3.05) is 12.9 Å². The number of isothiocyanates is 1. The van der Waals surface area contributed by atoms with E-state index >= 15 is 0 Å². The Morgan fingerprint density at radius 1 is 1.40 bits per heavy atom. The molecule has 0 radical (unpaired) electrons. The van der Waals surface area contributed by atoms with Crippen LogP contribution in [0.5, 0.6) is 0 Å². The third kappa shape index (κ3) is 4.07. The summed E-state index contributed by atoms with van der Waals surface area (Å²) in [5, 5.41) is 5.61. The van der Waals surface area contributed by atoms with Crippen LogP contribution >= 0.6 is 12.2 Å². The fourth-order valence-corrected chi connectivity index (χ4v) is 2.64. The summed E-state index contributed by atoms with van der Waals surface area (Å²) >= 11 is 4.52. The van der Waals surface area contributed by atoms with Gasteiger partial charge in [-0.3, -0.25) is 4.28 Å². The van der Waals surface area contributed by atoms with Gasteiger partial charge in [-0.05, 0) is 30.2 Å². The van der Waals surface area contributed by atoms with Gasteiger partial charge < -0.3 is 9.47 Å². The van der Waals surface area contributed by atoms with Gasteiger partial charge in [0.25, 0.3) is 0 Å². The van der Waals surface area contributed by atoms with E-state index in [1.54, 1.807) is 0 Å². The Bertz CT molecular complexity index is 533. The number of nitrogens with zero attached hydrogens (tertiary/aromatic N) is 2. The summed E-state index contributed by atoms with van der Waals surface area (Å²) in [6, 6.07) is 0. The number of rotatable bonds is 3. The molecule has 1 unspecified atom stereocenters. The van der Waals surface area contributed by atoms with Gasteiger partial charge in [-0.1, -0.05) is 6.42 Å². The Balaban J connectivity index is 2.09. The largest absolute Gasteiger partial charge is 0.347 e. The number of hydrogen-bond donors (Lipinski definition) is 0. The van der Waals surface area contributed by atoms with Crippen LogP contribution in [0.3, 0.4) is 0 Å². The van der Waals surface area contributed by atoms with Crippen molar-refractivity contribution >= 4 is 33.3 Å². The molecule has 2 rings (SSSR count). The van der Waals surface area contributed by atoms with E-state index in [0.717, 1.165) is 38.4 Å². The molecule has 0 amide bonds. The monoisotopic (exact) mass is 320 g/mol. The average Bonchev–Trinajstić information content (AvgIpc) is 2.78. The van der Waals surface area contributed by atoms with E-state index in [2.05, 4.69) is 31.8 Å². The van der Waals surface area contributed by atoms with Crippen molar-refractivity contribution in [3.05, 3.63) is 0 Å². The molecule has 1 atom stereocenters. The maximum Gasteiger partial charge on any atom is 0.325 e. The van der Waals surface area contributed by atoms with Gasteiger partial charge in [0.1, 0.15) is 6.10 Å². The van der Waals surface area contributed by atoms with Gasteiger partial charge in [0, 0.05) is 12.8 Å². The van der Waals surface area contributed by atoms with Crippen molar-refractivity contribution in [1.29, 1.82) is 0 Å². The van der Waals surface area contributed by atoms with Crippen LogP contribution in [0.1, 0.15) is 32.1 Å². The first-order valence-corrected chi connectivity index (χ1v) is 8.53. The second kappa shape index (κ2) is 6.28. The summed E-state index contributed by atoms with van der Waals surface area (Å²) in [6.45, 7) is 0.243. The molecule has 112 valence electrons. The van der Waals surface area contributed by atoms with Crippen LogP contribution in [0.2, 0.25) is 0 Å². The molecule has 1 spiro atoms. The van der Waals surface area contributed by atoms with E-state index < -0.39 is 22.0 Å². The molecular formula is C11H16N2O5S2. The molecule has 1 aliphatic carbocycles. The van der Waals surface area contributed by atoms with E-state index in [9.17, 15) is 8.42 Å². The predicted molar refractivity (Wildman–Crippen MR) is 75.0 cm³/mol. The molecule has 9 heteroatoms. The molecule has 0 bridgehead atoms. The van der Waals surface area contributed by atoms with Crippen LogP contribution in [0.4, 0.5) is 0 Å². The highest BCUT2D eigenvalue weighted by Crippen LogP contribution is 2.38. The fourth-order valence-electron chi connectivity index (χ4n) is 2.34. The maximum absolute atomic E-state index is 11.0. The zero-order valence-corrected chi connectivity index (χ0v) is 12.7. The molecule has 0 aromatic rings. The van der Waals surface area contributed by atoms with Crippen molar-refractivity contribution < 1.29 is 22.2 Å². The number of hydrogen-bond acceptors (Lipinski definition) is 7. The Hall–Kier alpha value is -0.860. The van der Waals surface area contributed by atoms with Crippen LogP contribution in [0, 0.1) is 0 Å². The normalized spacial score (nSPS) is 26.2. The summed E-state index contributed by atoms with van der Waals surface area (Å²) < 4.78 is 37.9.